The minimum Gasteiger partial charge on any atom is -0.497 e. The third kappa shape index (κ3) is 3.45. The summed E-state index contributed by atoms with van der Waals surface area (Å²) in [5.74, 6) is 0.947. The van der Waals surface area contributed by atoms with Gasteiger partial charge in [-0.2, -0.15) is 0 Å². The summed E-state index contributed by atoms with van der Waals surface area (Å²) in [6, 6.07) is 17.7. The summed E-state index contributed by atoms with van der Waals surface area (Å²) in [5, 5.41) is 4.08. The summed E-state index contributed by atoms with van der Waals surface area (Å²) in [6.07, 6.45) is 1.96. The molecule has 0 aliphatic carbocycles. The van der Waals surface area contributed by atoms with Gasteiger partial charge in [0, 0.05) is 18.2 Å². The number of carbonyl (C=O) groups excluding carboxylic acids is 1. The first kappa shape index (κ1) is 17.3. The Morgan fingerprint density at radius 3 is 2.74 bits per heavy atom. The van der Waals surface area contributed by atoms with Crippen LogP contribution < -0.4 is 4.74 Å². The number of nitrogens with zero attached hydrogens (tertiary/aromatic N) is 2. The highest BCUT2D eigenvalue weighted by Gasteiger charge is 2.32. The van der Waals surface area contributed by atoms with Gasteiger partial charge in [-0.05, 0) is 49.6 Å². The number of ether oxygens (including phenoxy) is 1. The van der Waals surface area contributed by atoms with Crippen LogP contribution in [-0.4, -0.2) is 29.6 Å². The van der Waals surface area contributed by atoms with E-state index in [1.807, 2.05) is 35.2 Å². The number of hydrogen-bond acceptors (Lipinski definition) is 4. The van der Waals surface area contributed by atoms with Gasteiger partial charge in [0.25, 0.3) is 5.91 Å². The van der Waals surface area contributed by atoms with E-state index in [-0.39, 0.29) is 17.7 Å². The molecule has 27 heavy (non-hydrogen) atoms. The first-order valence-corrected chi connectivity index (χ1v) is 9.14. The summed E-state index contributed by atoms with van der Waals surface area (Å²) < 4.78 is 10.6. The van der Waals surface area contributed by atoms with Crippen molar-refractivity contribution in [3.63, 3.8) is 0 Å². The van der Waals surface area contributed by atoms with E-state index in [0.29, 0.717) is 5.69 Å². The minimum atomic E-state index is -0.105. The maximum atomic E-state index is 13.0. The molecule has 3 aromatic rings. The molecule has 1 fully saturated rings. The van der Waals surface area contributed by atoms with Crippen LogP contribution in [0.25, 0.3) is 11.3 Å². The van der Waals surface area contributed by atoms with Crippen molar-refractivity contribution in [3.8, 4) is 17.0 Å². The molecule has 1 aliphatic rings. The van der Waals surface area contributed by atoms with Gasteiger partial charge >= 0.3 is 0 Å². The molecule has 0 spiro atoms. The molecule has 138 valence electrons. The molecule has 1 saturated heterocycles. The van der Waals surface area contributed by atoms with Crippen molar-refractivity contribution in [2.24, 2.45) is 0 Å². The number of aryl methyl sites for hydroxylation is 1. The zero-order chi connectivity index (χ0) is 18.8. The van der Waals surface area contributed by atoms with Gasteiger partial charge in [-0.25, -0.2) is 0 Å². The quantitative estimate of drug-likeness (QED) is 0.679. The molecule has 1 atom stereocenters. The van der Waals surface area contributed by atoms with E-state index in [1.165, 1.54) is 11.1 Å². The van der Waals surface area contributed by atoms with Crippen molar-refractivity contribution in [3.05, 3.63) is 71.5 Å². The Bertz CT molecular complexity index is 946. The largest absolute Gasteiger partial charge is 0.497 e. The first-order chi connectivity index (χ1) is 13.2. The summed E-state index contributed by atoms with van der Waals surface area (Å²) in [4.78, 5) is 14.9. The third-order valence-corrected chi connectivity index (χ3v) is 5.05. The lowest BCUT2D eigenvalue weighted by Crippen LogP contribution is -2.30. The van der Waals surface area contributed by atoms with Crippen molar-refractivity contribution in [1.82, 2.24) is 10.1 Å². The Morgan fingerprint density at radius 1 is 1.19 bits per heavy atom. The molecule has 0 bridgehead atoms. The highest BCUT2D eigenvalue weighted by Crippen LogP contribution is 2.34. The predicted octanol–water partition coefficient (Wildman–Crippen LogP) is 4.64. The minimum absolute atomic E-state index is 0.0898. The highest BCUT2D eigenvalue weighted by atomic mass is 16.5. The average molecular weight is 362 g/mol. The van der Waals surface area contributed by atoms with Crippen LogP contribution in [0.4, 0.5) is 0 Å². The zero-order valence-corrected chi connectivity index (χ0v) is 15.5. The molecule has 4 rings (SSSR count). The second-order valence-electron chi connectivity index (χ2n) is 6.88. The van der Waals surface area contributed by atoms with Crippen LogP contribution in [0, 0.1) is 6.92 Å². The lowest BCUT2D eigenvalue weighted by Gasteiger charge is -2.24. The average Bonchev–Trinajstić information content (AvgIpc) is 3.37. The molecule has 0 N–H and O–H groups in total. The molecule has 0 radical (unpaired) electrons. The van der Waals surface area contributed by atoms with Crippen molar-refractivity contribution >= 4 is 5.91 Å². The van der Waals surface area contributed by atoms with Crippen LogP contribution in [-0.2, 0) is 0 Å². The molecule has 2 heterocycles. The number of aromatic nitrogens is 1. The van der Waals surface area contributed by atoms with E-state index in [0.717, 1.165) is 30.7 Å². The van der Waals surface area contributed by atoms with Gasteiger partial charge in [-0.15, -0.1) is 0 Å². The Balaban J connectivity index is 1.56. The van der Waals surface area contributed by atoms with Gasteiger partial charge in [-0.3, -0.25) is 4.79 Å². The van der Waals surface area contributed by atoms with E-state index < -0.39 is 0 Å². The van der Waals surface area contributed by atoms with Crippen LogP contribution in [0.5, 0.6) is 5.75 Å². The Kier molecular flexibility index (Phi) is 4.67. The van der Waals surface area contributed by atoms with Crippen LogP contribution in [0.3, 0.4) is 0 Å². The Labute approximate surface area is 158 Å². The van der Waals surface area contributed by atoms with Crippen LogP contribution in [0.2, 0.25) is 0 Å². The molecular formula is C22H22N2O3. The lowest BCUT2D eigenvalue weighted by atomic mass is 10.0. The van der Waals surface area contributed by atoms with E-state index in [2.05, 4.69) is 30.3 Å². The second-order valence-corrected chi connectivity index (χ2v) is 6.88. The number of benzene rings is 2. The predicted molar refractivity (Wildman–Crippen MR) is 103 cm³/mol. The number of likely N-dealkylation sites (tertiary alicyclic amines) is 1. The number of carbonyl (C=O) groups is 1. The molecule has 2 aromatic carbocycles. The number of methoxy groups -OCH3 is 1. The van der Waals surface area contributed by atoms with E-state index >= 15 is 0 Å². The molecule has 1 aliphatic heterocycles. The highest BCUT2D eigenvalue weighted by molar-refractivity contribution is 5.93. The molecule has 1 aromatic heterocycles. The van der Waals surface area contributed by atoms with Gasteiger partial charge < -0.3 is 14.2 Å². The van der Waals surface area contributed by atoms with Crippen molar-refractivity contribution < 1.29 is 14.1 Å². The number of amides is 1. The number of rotatable bonds is 4. The molecule has 5 nitrogen and oxygen atoms in total. The fourth-order valence-corrected chi connectivity index (χ4v) is 3.65. The van der Waals surface area contributed by atoms with Crippen LogP contribution in [0.1, 0.15) is 40.6 Å². The van der Waals surface area contributed by atoms with Crippen molar-refractivity contribution in [1.29, 1.82) is 0 Å². The molecule has 0 unspecified atom stereocenters. The topological polar surface area (TPSA) is 55.6 Å². The van der Waals surface area contributed by atoms with Crippen molar-refractivity contribution in [2.75, 3.05) is 13.7 Å². The smallest absolute Gasteiger partial charge is 0.292 e. The third-order valence-electron chi connectivity index (χ3n) is 5.05. The van der Waals surface area contributed by atoms with Gasteiger partial charge in [0.05, 0.1) is 13.2 Å². The fraction of sp³-hybridized carbons (Fsp3) is 0.273. The van der Waals surface area contributed by atoms with Gasteiger partial charge in [0.1, 0.15) is 11.4 Å². The molecule has 1 amide bonds. The maximum absolute atomic E-state index is 13.0. The van der Waals surface area contributed by atoms with Gasteiger partial charge in [-0.1, -0.05) is 35.0 Å². The standard InChI is InChI=1S/C22H22N2O3/c1-15-5-3-6-17(13-15)20-7-4-12-24(20)22(25)21-14-19(23-27-21)16-8-10-18(26-2)11-9-16/h3,5-6,8-11,13-14,20H,4,7,12H2,1-2H3/t20-/m1/s1. The fourth-order valence-electron chi connectivity index (χ4n) is 3.65. The first-order valence-electron chi connectivity index (χ1n) is 9.14. The number of hydrogen-bond donors (Lipinski definition) is 0. The summed E-state index contributed by atoms with van der Waals surface area (Å²) in [7, 11) is 1.63. The normalized spacial score (nSPS) is 16.5. The Hall–Kier alpha value is -3.08. The summed E-state index contributed by atoms with van der Waals surface area (Å²) in [6.45, 7) is 2.80. The maximum Gasteiger partial charge on any atom is 0.292 e. The SMILES string of the molecule is COc1ccc(-c2cc(C(=O)N3CCC[C@@H]3c3cccc(C)c3)on2)cc1. The summed E-state index contributed by atoms with van der Waals surface area (Å²) >= 11 is 0. The molecule has 0 saturated carbocycles. The van der Waals surface area contributed by atoms with Crippen LogP contribution in [0.15, 0.2) is 59.1 Å². The van der Waals surface area contributed by atoms with Crippen molar-refractivity contribution in [2.45, 2.75) is 25.8 Å². The van der Waals surface area contributed by atoms with Crippen LogP contribution >= 0.6 is 0 Å². The zero-order valence-electron chi connectivity index (χ0n) is 15.5. The van der Waals surface area contributed by atoms with Gasteiger partial charge in [0.2, 0.25) is 5.76 Å². The Morgan fingerprint density at radius 2 is 2.00 bits per heavy atom. The lowest BCUT2D eigenvalue weighted by molar-refractivity contribution is 0.0693. The van der Waals surface area contributed by atoms with E-state index in [9.17, 15) is 4.79 Å². The monoisotopic (exact) mass is 362 g/mol. The van der Waals surface area contributed by atoms with E-state index in [4.69, 9.17) is 9.26 Å². The summed E-state index contributed by atoms with van der Waals surface area (Å²) in [5.41, 5.74) is 3.91. The molecule has 5 heteroatoms. The second kappa shape index (κ2) is 7.27. The van der Waals surface area contributed by atoms with Gasteiger partial charge in [0.15, 0.2) is 0 Å². The van der Waals surface area contributed by atoms with E-state index in [1.54, 1.807) is 13.2 Å². The molecular weight excluding hydrogens is 340 g/mol.